The Bertz CT molecular complexity index is 734. The van der Waals surface area contributed by atoms with Crippen molar-refractivity contribution in [3.05, 3.63) is 64.7 Å². The van der Waals surface area contributed by atoms with Crippen molar-refractivity contribution >= 4 is 29.1 Å². The van der Waals surface area contributed by atoms with Crippen molar-refractivity contribution < 1.29 is 14.3 Å². The first-order valence-electron chi connectivity index (χ1n) is 7.44. The lowest BCUT2D eigenvalue weighted by atomic mass is 10.0. The molecule has 0 saturated carbocycles. The Labute approximate surface area is 146 Å². The molecule has 1 atom stereocenters. The van der Waals surface area contributed by atoms with Gasteiger partial charge in [0, 0.05) is 24.4 Å². The zero-order valence-electron chi connectivity index (χ0n) is 13.5. The van der Waals surface area contributed by atoms with E-state index >= 15 is 0 Å². The number of hydrogen-bond donors (Lipinski definition) is 2. The lowest BCUT2D eigenvalue weighted by molar-refractivity contribution is -0.136. The Hall–Kier alpha value is -2.37. The number of benzene rings is 2. The molecule has 126 valence electrons. The Balaban J connectivity index is 1.94. The summed E-state index contributed by atoms with van der Waals surface area (Å²) in [5.74, 6) is -1.48. The largest absolute Gasteiger partial charge is 0.375 e. The normalized spacial score (nSPS) is 11.6. The number of anilines is 1. The van der Waals surface area contributed by atoms with Crippen LogP contribution in [0.25, 0.3) is 0 Å². The van der Waals surface area contributed by atoms with Crippen molar-refractivity contribution in [2.45, 2.75) is 13.0 Å². The number of rotatable bonds is 5. The van der Waals surface area contributed by atoms with E-state index in [-0.39, 0.29) is 12.6 Å². The molecule has 0 fully saturated rings. The number of halogens is 1. The molecule has 0 spiro atoms. The number of amides is 2. The zero-order valence-corrected chi connectivity index (χ0v) is 14.3. The first kappa shape index (κ1) is 18.0. The van der Waals surface area contributed by atoms with Crippen LogP contribution in [0.1, 0.15) is 17.2 Å². The van der Waals surface area contributed by atoms with Crippen LogP contribution in [0.15, 0.2) is 48.5 Å². The summed E-state index contributed by atoms with van der Waals surface area (Å²) in [6.45, 7) is 2.16. The fourth-order valence-electron chi connectivity index (χ4n) is 2.29. The SMILES string of the molecule is COC(CNC(=O)C(=O)Nc1cccc(Cl)c1)c1ccccc1C. The van der Waals surface area contributed by atoms with E-state index in [9.17, 15) is 9.59 Å². The predicted molar refractivity (Wildman–Crippen MR) is 94.0 cm³/mol. The van der Waals surface area contributed by atoms with E-state index in [2.05, 4.69) is 10.6 Å². The number of hydrogen-bond acceptors (Lipinski definition) is 3. The third kappa shape index (κ3) is 4.81. The third-order valence-electron chi connectivity index (χ3n) is 3.56. The van der Waals surface area contributed by atoms with Gasteiger partial charge in [0.05, 0.1) is 6.10 Å². The summed E-state index contributed by atoms with van der Waals surface area (Å²) >= 11 is 5.84. The highest BCUT2D eigenvalue weighted by Crippen LogP contribution is 2.19. The summed E-state index contributed by atoms with van der Waals surface area (Å²) in [5.41, 5.74) is 2.49. The van der Waals surface area contributed by atoms with E-state index in [0.717, 1.165) is 11.1 Å². The molecule has 5 nitrogen and oxygen atoms in total. The molecule has 0 aliphatic heterocycles. The van der Waals surface area contributed by atoms with Crippen LogP contribution in [0.2, 0.25) is 5.02 Å². The van der Waals surface area contributed by atoms with E-state index in [1.807, 2.05) is 31.2 Å². The molecule has 2 N–H and O–H groups in total. The van der Waals surface area contributed by atoms with Gasteiger partial charge >= 0.3 is 11.8 Å². The third-order valence-corrected chi connectivity index (χ3v) is 3.79. The average molecular weight is 347 g/mol. The van der Waals surface area contributed by atoms with Gasteiger partial charge in [0.2, 0.25) is 0 Å². The quantitative estimate of drug-likeness (QED) is 0.817. The van der Waals surface area contributed by atoms with E-state index in [0.29, 0.717) is 10.7 Å². The van der Waals surface area contributed by atoms with Crippen LogP contribution in [0.4, 0.5) is 5.69 Å². The van der Waals surface area contributed by atoms with Crippen LogP contribution < -0.4 is 10.6 Å². The lowest BCUT2D eigenvalue weighted by Crippen LogP contribution is -2.38. The number of ether oxygens (including phenoxy) is 1. The molecule has 2 amide bonds. The summed E-state index contributed by atoms with van der Waals surface area (Å²) in [6.07, 6.45) is -0.325. The first-order valence-corrected chi connectivity index (χ1v) is 7.82. The Morgan fingerprint density at radius 3 is 2.54 bits per heavy atom. The Kier molecular flexibility index (Phi) is 6.35. The number of carbonyl (C=O) groups is 2. The average Bonchev–Trinajstić information content (AvgIpc) is 2.56. The van der Waals surface area contributed by atoms with Gasteiger partial charge in [0.25, 0.3) is 0 Å². The van der Waals surface area contributed by atoms with Crippen LogP contribution >= 0.6 is 11.6 Å². The van der Waals surface area contributed by atoms with Crippen molar-refractivity contribution in [1.29, 1.82) is 0 Å². The van der Waals surface area contributed by atoms with E-state index in [1.165, 1.54) is 0 Å². The van der Waals surface area contributed by atoms with Crippen molar-refractivity contribution in [2.75, 3.05) is 19.0 Å². The number of aryl methyl sites for hydroxylation is 1. The van der Waals surface area contributed by atoms with Gasteiger partial charge in [-0.1, -0.05) is 41.9 Å². The second kappa shape index (κ2) is 8.47. The minimum atomic E-state index is -0.753. The van der Waals surface area contributed by atoms with E-state index < -0.39 is 11.8 Å². The second-order valence-electron chi connectivity index (χ2n) is 5.26. The Morgan fingerprint density at radius 2 is 1.88 bits per heavy atom. The molecule has 0 bridgehead atoms. The molecule has 0 aromatic heterocycles. The molecule has 2 aromatic rings. The van der Waals surface area contributed by atoms with Gasteiger partial charge in [-0.15, -0.1) is 0 Å². The second-order valence-corrected chi connectivity index (χ2v) is 5.69. The highest BCUT2D eigenvalue weighted by atomic mass is 35.5. The highest BCUT2D eigenvalue weighted by molar-refractivity contribution is 6.39. The zero-order chi connectivity index (χ0) is 17.5. The molecular weight excluding hydrogens is 328 g/mol. The predicted octanol–water partition coefficient (Wildman–Crippen LogP) is 3.09. The van der Waals surface area contributed by atoms with Gasteiger partial charge in [-0.2, -0.15) is 0 Å². The molecule has 2 rings (SSSR count). The Morgan fingerprint density at radius 1 is 1.12 bits per heavy atom. The molecule has 2 aromatic carbocycles. The molecular formula is C18H19ClN2O3. The van der Waals surface area contributed by atoms with Crippen LogP contribution in [0.5, 0.6) is 0 Å². The van der Waals surface area contributed by atoms with Gasteiger partial charge in [0.15, 0.2) is 0 Å². The number of carbonyl (C=O) groups excluding carboxylic acids is 2. The molecule has 0 aliphatic rings. The van der Waals surface area contributed by atoms with Crippen molar-refractivity contribution in [3.63, 3.8) is 0 Å². The molecule has 0 radical (unpaired) electrons. The molecule has 0 heterocycles. The maximum absolute atomic E-state index is 12.0. The maximum atomic E-state index is 12.0. The molecule has 1 unspecified atom stereocenters. The van der Waals surface area contributed by atoms with Crippen molar-refractivity contribution in [3.8, 4) is 0 Å². The van der Waals surface area contributed by atoms with Crippen molar-refractivity contribution in [1.82, 2.24) is 5.32 Å². The van der Waals surface area contributed by atoms with Crippen LogP contribution in [0.3, 0.4) is 0 Å². The van der Waals surface area contributed by atoms with Crippen molar-refractivity contribution in [2.24, 2.45) is 0 Å². The monoisotopic (exact) mass is 346 g/mol. The smallest absolute Gasteiger partial charge is 0.313 e. The molecule has 24 heavy (non-hydrogen) atoms. The number of nitrogens with one attached hydrogen (secondary N) is 2. The van der Waals surface area contributed by atoms with Crippen LogP contribution in [0, 0.1) is 6.92 Å². The van der Waals surface area contributed by atoms with Crippen LogP contribution in [-0.4, -0.2) is 25.5 Å². The van der Waals surface area contributed by atoms with Gasteiger partial charge < -0.3 is 15.4 Å². The van der Waals surface area contributed by atoms with Crippen LogP contribution in [-0.2, 0) is 14.3 Å². The van der Waals surface area contributed by atoms with Gasteiger partial charge in [-0.25, -0.2) is 0 Å². The first-order chi connectivity index (χ1) is 11.5. The topological polar surface area (TPSA) is 67.4 Å². The minimum absolute atomic E-state index is 0.198. The standard InChI is InChI=1S/C18H19ClN2O3/c1-12-6-3-4-9-15(12)16(24-2)11-20-17(22)18(23)21-14-8-5-7-13(19)10-14/h3-10,16H,11H2,1-2H3,(H,20,22)(H,21,23). The molecule has 0 aliphatic carbocycles. The highest BCUT2D eigenvalue weighted by Gasteiger charge is 2.18. The van der Waals surface area contributed by atoms with Gasteiger partial charge in [-0.3, -0.25) is 9.59 Å². The number of methoxy groups -OCH3 is 1. The molecule has 6 heteroatoms. The summed E-state index contributed by atoms with van der Waals surface area (Å²) in [7, 11) is 1.56. The lowest BCUT2D eigenvalue weighted by Gasteiger charge is -2.18. The summed E-state index contributed by atoms with van der Waals surface area (Å²) in [5, 5.41) is 5.56. The maximum Gasteiger partial charge on any atom is 0.313 e. The summed E-state index contributed by atoms with van der Waals surface area (Å²) in [6, 6.07) is 14.3. The summed E-state index contributed by atoms with van der Waals surface area (Å²) in [4.78, 5) is 23.9. The minimum Gasteiger partial charge on any atom is -0.375 e. The van der Waals surface area contributed by atoms with Gasteiger partial charge in [-0.05, 0) is 36.2 Å². The van der Waals surface area contributed by atoms with E-state index in [1.54, 1.807) is 31.4 Å². The van der Waals surface area contributed by atoms with E-state index in [4.69, 9.17) is 16.3 Å². The van der Waals surface area contributed by atoms with Gasteiger partial charge in [0.1, 0.15) is 0 Å². The summed E-state index contributed by atoms with van der Waals surface area (Å²) < 4.78 is 5.42. The fourth-order valence-corrected chi connectivity index (χ4v) is 2.48. The fraction of sp³-hybridized carbons (Fsp3) is 0.222. The molecule has 0 saturated heterocycles.